The summed E-state index contributed by atoms with van der Waals surface area (Å²) in [7, 11) is 0. The molecule has 0 unspecified atom stereocenters. The van der Waals surface area contributed by atoms with Crippen molar-refractivity contribution < 1.29 is 4.79 Å². The predicted octanol–water partition coefficient (Wildman–Crippen LogP) is 6.68. The van der Waals surface area contributed by atoms with Gasteiger partial charge in [0.2, 0.25) is 0 Å². The van der Waals surface area contributed by atoms with Gasteiger partial charge >= 0.3 is 0 Å². The van der Waals surface area contributed by atoms with Crippen LogP contribution in [-0.4, -0.2) is 39.3 Å². The Morgan fingerprint density at radius 3 is 2.40 bits per heavy atom. The zero-order valence-electron chi connectivity index (χ0n) is 23.9. The van der Waals surface area contributed by atoms with E-state index in [2.05, 4.69) is 55.1 Å². The van der Waals surface area contributed by atoms with Crippen LogP contribution < -0.4 is 10.5 Å². The van der Waals surface area contributed by atoms with Crippen molar-refractivity contribution in [1.82, 2.24) is 9.47 Å². The van der Waals surface area contributed by atoms with Gasteiger partial charge in [0.25, 0.3) is 11.5 Å². The van der Waals surface area contributed by atoms with Crippen molar-refractivity contribution in [3.63, 3.8) is 0 Å². The molecule has 6 nitrogen and oxygen atoms in total. The molecule has 0 radical (unpaired) electrons. The summed E-state index contributed by atoms with van der Waals surface area (Å²) in [5.41, 5.74) is 2.71. The predicted molar refractivity (Wildman–Crippen MR) is 170 cm³/mol. The van der Waals surface area contributed by atoms with Crippen LogP contribution in [0.3, 0.4) is 0 Å². The summed E-state index contributed by atoms with van der Waals surface area (Å²) in [6, 6.07) is 12.8. The van der Waals surface area contributed by atoms with Gasteiger partial charge < -0.3 is 4.90 Å². The number of rotatable bonds is 11. The maximum atomic E-state index is 13.6. The number of benzene rings is 1. The number of pyridine rings is 1. The summed E-state index contributed by atoms with van der Waals surface area (Å²) < 4.78 is 2.37. The Labute approximate surface area is 248 Å². The lowest BCUT2D eigenvalue weighted by atomic mass is 9.90. The number of nitriles is 1. The molecule has 0 aliphatic carbocycles. The molecule has 1 aromatic carbocycles. The first-order valence-corrected chi connectivity index (χ1v) is 15.8. The maximum Gasteiger partial charge on any atom is 0.270 e. The molecule has 0 spiro atoms. The van der Waals surface area contributed by atoms with Crippen molar-refractivity contribution in [2.45, 2.75) is 78.7 Å². The molecule has 3 heterocycles. The number of aromatic nitrogens is 1. The van der Waals surface area contributed by atoms with E-state index in [1.54, 1.807) is 9.47 Å². The fourth-order valence-electron chi connectivity index (χ4n) is 5.65. The van der Waals surface area contributed by atoms with Crippen LogP contribution >= 0.6 is 24.0 Å². The quantitative estimate of drug-likeness (QED) is 0.169. The first kappa shape index (κ1) is 30.1. The monoisotopic (exact) mass is 576 g/mol. The van der Waals surface area contributed by atoms with Crippen molar-refractivity contribution in [3.8, 4) is 6.07 Å². The topological polar surface area (TPSA) is 69.3 Å². The van der Waals surface area contributed by atoms with Crippen LogP contribution in [0.2, 0.25) is 0 Å². The number of piperidine rings is 1. The van der Waals surface area contributed by atoms with Gasteiger partial charge in [-0.3, -0.25) is 19.1 Å². The third-order valence-electron chi connectivity index (χ3n) is 8.00. The van der Waals surface area contributed by atoms with E-state index in [9.17, 15) is 14.9 Å². The number of anilines is 1. The summed E-state index contributed by atoms with van der Waals surface area (Å²) >= 11 is 6.90. The van der Waals surface area contributed by atoms with Gasteiger partial charge in [-0.05, 0) is 62.1 Å². The van der Waals surface area contributed by atoms with Gasteiger partial charge in [-0.15, -0.1) is 0 Å². The molecule has 1 amide bonds. The molecule has 2 saturated heterocycles. The molecule has 212 valence electrons. The second-order valence-corrected chi connectivity index (χ2v) is 12.5. The van der Waals surface area contributed by atoms with E-state index in [0.29, 0.717) is 33.8 Å². The third-order valence-corrected chi connectivity index (χ3v) is 9.38. The second-order valence-electron chi connectivity index (χ2n) is 10.8. The van der Waals surface area contributed by atoms with E-state index in [4.69, 9.17) is 12.2 Å². The Morgan fingerprint density at radius 2 is 1.75 bits per heavy atom. The van der Waals surface area contributed by atoms with Crippen molar-refractivity contribution in [2.75, 3.05) is 24.5 Å². The Morgan fingerprint density at radius 1 is 1.05 bits per heavy atom. The van der Waals surface area contributed by atoms with Crippen LogP contribution in [0.25, 0.3) is 6.08 Å². The molecular formula is C32H40N4O2S2. The van der Waals surface area contributed by atoms with Crippen LogP contribution in [0.5, 0.6) is 0 Å². The summed E-state index contributed by atoms with van der Waals surface area (Å²) in [4.78, 5) is 31.6. The van der Waals surface area contributed by atoms with E-state index in [1.807, 2.05) is 13.0 Å². The zero-order chi connectivity index (χ0) is 28.6. The SMILES string of the molecule is CCCCCN1C(=O)C(=Cc2c(C)c(C#N)c(=O)n(CCCC)c2N2CCC(Cc3ccccc3)CC2)SC1=S. The highest BCUT2D eigenvalue weighted by molar-refractivity contribution is 8.26. The van der Waals surface area contributed by atoms with Gasteiger partial charge in [0, 0.05) is 31.7 Å². The Kier molecular flexibility index (Phi) is 10.6. The normalized spacial score (nSPS) is 17.2. The molecule has 1 aromatic heterocycles. The van der Waals surface area contributed by atoms with Gasteiger partial charge in [0.05, 0.1) is 4.91 Å². The molecule has 0 atom stereocenters. The Hall–Kier alpha value is -2.89. The first-order valence-electron chi connectivity index (χ1n) is 14.6. The standard InChI is InChI=1S/C32H40N4O2S2/c1-4-6-11-17-36-31(38)28(40-32(36)39)21-26-23(3)27(22-33)30(37)35(16-7-5-2)29(26)34-18-14-25(15-19-34)20-24-12-9-8-10-13-24/h8-10,12-13,21,25H,4-7,11,14-20H2,1-3H3. The van der Waals surface area contributed by atoms with E-state index < -0.39 is 0 Å². The van der Waals surface area contributed by atoms with Gasteiger partial charge in [0.15, 0.2) is 0 Å². The number of unbranched alkanes of at least 4 members (excludes halogenated alkanes) is 3. The summed E-state index contributed by atoms with van der Waals surface area (Å²) in [6.45, 7) is 8.89. The number of hydrogen-bond donors (Lipinski definition) is 0. The number of thioether (sulfide) groups is 1. The fourth-order valence-corrected chi connectivity index (χ4v) is 6.94. The van der Waals surface area contributed by atoms with E-state index in [0.717, 1.165) is 75.8 Å². The molecule has 2 aliphatic rings. The third kappa shape index (κ3) is 6.70. The molecule has 0 N–H and O–H groups in total. The lowest BCUT2D eigenvalue weighted by Gasteiger charge is -2.36. The maximum absolute atomic E-state index is 13.6. The average molecular weight is 577 g/mol. The molecule has 8 heteroatoms. The number of thiocarbonyl (C=S) groups is 1. The van der Waals surface area contributed by atoms with E-state index in [-0.39, 0.29) is 17.0 Å². The summed E-state index contributed by atoms with van der Waals surface area (Å²) in [6.07, 6.45) is 9.80. The number of nitrogens with zero attached hydrogens (tertiary/aromatic N) is 4. The van der Waals surface area contributed by atoms with Gasteiger partial charge in [-0.1, -0.05) is 87.4 Å². The minimum atomic E-state index is -0.237. The molecule has 0 bridgehead atoms. The Balaban J connectivity index is 1.71. The van der Waals surface area contributed by atoms with Crippen LogP contribution in [0.15, 0.2) is 40.0 Å². The van der Waals surface area contributed by atoms with Crippen LogP contribution in [0, 0.1) is 24.2 Å². The number of amides is 1. The van der Waals surface area contributed by atoms with Gasteiger partial charge in [0.1, 0.15) is 21.8 Å². The van der Waals surface area contributed by atoms with E-state index >= 15 is 0 Å². The zero-order valence-corrected chi connectivity index (χ0v) is 25.6. The first-order chi connectivity index (χ1) is 19.4. The van der Waals surface area contributed by atoms with Gasteiger partial charge in [-0.25, -0.2) is 0 Å². The van der Waals surface area contributed by atoms with Crippen LogP contribution in [-0.2, 0) is 17.8 Å². The van der Waals surface area contributed by atoms with Crippen molar-refractivity contribution in [1.29, 1.82) is 5.26 Å². The molecule has 2 aliphatic heterocycles. The van der Waals surface area contributed by atoms with Gasteiger partial charge in [-0.2, -0.15) is 5.26 Å². The highest BCUT2D eigenvalue weighted by Gasteiger charge is 2.33. The molecule has 4 rings (SSSR count). The van der Waals surface area contributed by atoms with Crippen molar-refractivity contribution in [3.05, 3.63) is 67.8 Å². The minimum Gasteiger partial charge on any atom is -0.357 e. The molecule has 0 saturated carbocycles. The minimum absolute atomic E-state index is 0.0807. The number of hydrogen-bond acceptors (Lipinski definition) is 6. The molecule has 2 aromatic rings. The number of carbonyl (C=O) groups excluding carboxylic acids is 1. The average Bonchev–Trinajstić information content (AvgIpc) is 3.22. The Bertz CT molecular complexity index is 1350. The smallest absolute Gasteiger partial charge is 0.270 e. The molecule has 40 heavy (non-hydrogen) atoms. The fraction of sp³-hybridized carbons (Fsp3) is 0.500. The molecule has 2 fully saturated rings. The van der Waals surface area contributed by atoms with Crippen molar-refractivity contribution in [2.24, 2.45) is 5.92 Å². The molecular weight excluding hydrogens is 537 g/mol. The highest BCUT2D eigenvalue weighted by Crippen LogP contribution is 2.37. The lowest BCUT2D eigenvalue weighted by Crippen LogP contribution is -2.40. The second kappa shape index (κ2) is 14.1. The lowest BCUT2D eigenvalue weighted by molar-refractivity contribution is -0.122. The van der Waals surface area contributed by atoms with Crippen LogP contribution in [0.1, 0.15) is 81.0 Å². The summed E-state index contributed by atoms with van der Waals surface area (Å²) in [5, 5.41) is 9.97. The number of carbonyl (C=O) groups is 1. The largest absolute Gasteiger partial charge is 0.357 e. The summed E-state index contributed by atoms with van der Waals surface area (Å²) in [5.74, 6) is 1.34. The van der Waals surface area contributed by atoms with Crippen molar-refractivity contribution >= 4 is 46.1 Å². The highest BCUT2D eigenvalue weighted by atomic mass is 32.2. The van der Waals surface area contributed by atoms with Crippen LogP contribution in [0.4, 0.5) is 5.82 Å². The van der Waals surface area contributed by atoms with E-state index in [1.165, 1.54) is 17.3 Å².